The molecule has 1 saturated heterocycles. The van der Waals surface area contributed by atoms with Crippen molar-refractivity contribution in [3.63, 3.8) is 0 Å². The van der Waals surface area contributed by atoms with E-state index in [0.29, 0.717) is 42.4 Å². The number of esters is 1. The van der Waals surface area contributed by atoms with Crippen molar-refractivity contribution in [1.82, 2.24) is 0 Å². The van der Waals surface area contributed by atoms with Crippen molar-refractivity contribution < 1.29 is 19.4 Å². The Balaban J connectivity index is 1.41. The van der Waals surface area contributed by atoms with Crippen LogP contribution in [0.1, 0.15) is 93.4 Å². The second-order valence-electron chi connectivity index (χ2n) is 13.3. The summed E-state index contributed by atoms with van der Waals surface area (Å²) >= 11 is 0. The summed E-state index contributed by atoms with van der Waals surface area (Å²) in [5.41, 5.74) is 0.244. The molecule has 0 aromatic carbocycles. The van der Waals surface area contributed by atoms with Gasteiger partial charge in [0.05, 0.1) is 11.7 Å². The fourth-order valence-corrected chi connectivity index (χ4v) is 8.87. The number of epoxide rings is 1. The molecule has 5 aliphatic rings. The minimum atomic E-state index is -0.877. The van der Waals surface area contributed by atoms with E-state index in [0.717, 1.165) is 19.3 Å². The standard InChI is InChI=1S/C30H46O4/c1-18(2)19(3)8-9-20(4)23-10-11-24-25-13-15-29(32)16-22(33-21(5)31)12-14-28(29,7)30(25)26(34-30)17-27(23,24)6/h8-9,13,18-20,22-24,26,32H,10-12,14-17H2,1-7H3/b9-8+/t19-,20+,22+,23-,24-,26+,27-,28-,29+,30+/m0/s1. The molecule has 0 unspecified atom stereocenters. The first-order valence-corrected chi connectivity index (χ1v) is 13.8. The van der Waals surface area contributed by atoms with E-state index in [-0.39, 0.29) is 34.6 Å². The number of allylic oxidation sites excluding steroid dienone is 2. The van der Waals surface area contributed by atoms with Gasteiger partial charge in [-0.3, -0.25) is 4.79 Å². The van der Waals surface area contributed by atoms with Crippen LogP contribution in [0.25, 0.3) is 0 Å². The molecule has 4 aliphatic carbocycles. The SMILES string of the molecule is CC(=O)O[C@@H]1CC[C@@]2(C)[C@@](O)(CC=C3[C@@H]4CC[C@@H]([C@H](C)/C=C/[C@H](C)C(C)C)[C@]4(C)C[C@H]4O[C@]342)C1. The van der Waals surface area contributed by atoms with E-state index in [9.17, 15) is 9.90 Å². The van der Waals surface area contributed by atoms with E-state index in [1.807, 2.05) is 0 Å². The van der Waals surface area contributed by atoms with Crippen LogP contribution in [-0.2, 0) is 14.3 Å². The third-order valence-corrected chi connectivity index (χ3v) is 11.3. The predicted molar refractivity (Wildman–Crippen MR) is 134 cm³/mol. The molecule has 4 nitrogen and oxygen atoms in total. The van der Waals surface area contributed by atoms with Crippen molar-refractivity contribution in [2.75, 3.05) is 0 Å². The molecule has 3 saturated carbocycles. The van der Waals surface area contributed by atoms with Gasteiger partial charge in [0.1, 0.15) is 11.7 Å². The highest BCUT2D eigenvalue weighted by Crippen LogP contribution is 2.76. The number of rotatable bonds is 5. The second-order valence-corrected chi connectivity index (χ2v) is 13.3. The maximum atomic E-state index is 12.0. The minimum Gasteiger partial charge on any atom is -0.462 e. The third kappa shape index (κ3) is 3.26. The highest BCUT2D eigenvalue weighted by atomic mass is 16.6. The summed E-state index contributed by atoms with van der Waals surface area (Å²) in [5, 5.41) is 12.0. The lowest BCUT2D eigenvalue weighted by atomic mass is 9.46. The van der Waals surface area contributed by atoms with Gasteiger partial charge in [0.15, 0.2) is 0 Å². The maximum absolute atomic E-state index is 12.0. The molecule has 1 heterocycles. The molecule has 1 spiro atoms. The molecule has 1 N–H and O–H groups in total. The summed E-state index contributed by atoms with van der Waals surface area (Å²) < 4.78 is 12.3. The predicted octanol–water partition coefficient (Wildman–Crippen LogP) is 6.23. The summed E-state index contributed by atoms with van der Waals surface area (Å²) in [6.07, 6.45) is 13.7. The third-order valence-electron chi connectivity index (χ3n) is 11.3. The van der Waals surface area contributed by atoms with Crippen LogP contribution in [0.15, 0.2) is 23.8 Å². The van der Waals surface area contributed by atoms with Crippen LogP contribution < -0.4 is 0 Å². The lowest BCUT2D eigenvalue weighted by molar-refractivity contribution is -0.183. The largest absolute Gasteiger partial charge is 0.462 e. The van der Waals surface area contributed by atoms with Gasteiger partial charge < -0.3 is 14.6 Å². The summed E-state index contributed by atoms with van der Waals surface area (Å²) in [6.45, 7) is 15.6. The van der Waals surface area contributed by atoms with Gasteiger partial charge >= 0.3 is 5.97 Å². The van der Waals surface area contributed by atoms with Gasteiger partial charge in [-0.05, 0) is 79.1 Å². The first-order valence-electron chi connectivity index (χ1n) is 13.8. The van der Waals surface area contributed by atoms with E-state index < -0.39 is 5.60 Å². The number of ether oxygens (including phenoxy) is 2. The molecule has 190 valence electrons. The van der Waals surface area contributed by atoms with Crippen LogP contribution in [-0.4, -0.2) is 34.5 Å². The first kappa shape index (κ1) is 24.6. The fourth-order valence-electron chi connectivity index (χ4n) is 8.87. The van der Waals surface area contributed by atoms with Crippen molar-refractivity contribution in [1.29, 1.82) is 0 Å². The number of fused-ring (bicyclic) bond motifs is 3. The summed E-state index contributed by atoms with van der Waals surface area (Å²) in [5.74, 6) is 2.82. The van der Waals surface area contributed by atoms with E-state index in [4.69, 9.17) is 9.47 Å². The highest BCUT2D eigenvalue weighted by Gasteiger charge is 2.80. The monoisotopic (exact) mass is 470 g/mol. The molecule has 0 aromatic heterocycles. The Kier molecular flexibility index (Phi) is 5.73. The van der Waals surface area contributed by atoms with E-state index in [1.165, 1.54) is 25.3 Å². The Morgan fingerprint density at radius 3 is 2.56 bits per heavy atom. The molecule has 34 heavy (non-hydrogen) atoms. The van der Waals surface area contributed by atoms with Crippen LogP contribution in [0.3, 0.4) is 0 Å². The van der Waals surface area contributed by atoms with E-state index in [2.05, 4.69) is 59.8 Å². The number of hydrogen-bond donors (Lipinski definition) is 1. The van der Waals surface area contributed by atoms with Crippen LogP contribution in [0, 0.1) is 40.4 Å². The number of carbonyl (C=O) groups excluding carboxylic acids is 1. The normalized spacial score (nSPS) is 48.9. The maximum Gasteiger partial charge on any atom is 0.302 e. The zero-order chi connectivity index (χ0) is 24.7. The average Bonchev–Trinajstić information content (AvgIpc) is 3.36. The molecule has 0 aromatic rings. The zero-order valence-corrected chi connectivity index (χ0v) is 22.4. The van der Waals surface area contributed by atoms with Crippen molar-refractivity contribution in [2.45, 2.75) is 117 Å². The van der Waals surface area contributed by atoms with Crippen molar-refractivity contribution in [2.24, 2.45) is 40.4 Å². The number of aliphatic hydroxyl groups is 1. The molecule has 4 heteroatoms. The molecule has 1 aliphatic heterocycles. The van der Waals surface area contributed by atoms with Crippen molar-refractivity contribution in [3.8, 4) is 0 Å². The van der Waals surface area contributed by atoms with Gasteiger partial charge in [-0.15, -0.1) is 0 Å². The Hall–Kier alpha value is -1.13. The molecule has 5 rings (SSSR count). The molecule has 0 bridgehead atoms. The quantitative estimate of drug-likeness (QED) is 0.294. The Morgan fingerprint density at radius 2 is 1.88 bits per heavy atom. The highest BCUT2D eigenvalue weighted by molar-refractivity contribution is 5.66. The second kappa shape index (κ2) is 7.93. The molecular weight excluding hydrogens is 424 g/mol. The first-order chi connectivity index (χ1) is 15.9. The summed E-state index contributed by atoms with van der Waals surface area (Å²) in [6, 6.07) is 0. The topological polar surface area (TPSA) is 59.1 Å². The van der Waals surface area contributed by atoms with Crippen molar-refractivity contribution >= 4 is 5.97 Å². The lowest BCUT2D eigenvalue weighted by Gasteiger charge is -2.59. The Labute approximate surface area is 206 Å². The Bertz CT molecular complexity index is 905. The van der Waals surface area contributed by atoms with Crippen molar-refractivity contribution in [3.05, 3.63) is 23.8 Å². The van der Waals surface area contributed by atoms with Crippen LogP contribution in [0.2, 0.25) is 0 Å². The Morgan fingerprint density at radius 1 is 1.15 bits per heavy atom. The molecule has 0 amide bonds. The van der Waals surface area contributed by atoms with Crippen LogP contribution in [0.5, 0.6) is 0 Å². The van der Waals surface area contributed by atoms with Crippen LogP contribution in [0.4, 0.5) is 0 Å². The number of hydrogen-bond acceptors (Lipinski definition) is 4. The summed E-state index contributed by atoms with van der Waals surface area (Å²) in [7, 11) is 0. The van der Waals surface area contributed by atoms with Gasteiger partial charge in [0.25, 0.3) is 0 Å². The smallest absolute Gasteiger partial charge is 0.302 e. The van der Waals surface area contributed by atoms with Crippen LogP contribution >= 0.6 is 0 Å². The lowest BCUT2D eigenvalue weighted by Crippen LogP contribution is -2.64. The fraction of sp³-hybridized carbons (Fsp3) is 0.833. The average molecular weight is 471 g/mol. The zero-order valence-electron chi connectivity index (χ0n) is 22.4. The van der Waals surface area contributed by atoms with Gasteiger partial charge in [0.2, 0.25) is 0 Å². The summed E-state index contributed by atoms with van der Waals surface area (Å²) in [4.78, 5) is 11.6. The molecule has 4 fully saturated rings. The van der Waals surface area contributed by atoms with E-state index >= 15 is 0 Å². The van der Waals surface area contributed by atoms with Gasteiger partial charge in [-0.1, -0.05) is 59.8 Å². The molecule has 0 radical (unpaired) electrons. The van der Waals surface area contributed by atoms with Gasteiger partial charge in [-0.25, -0.2) is 0 Å². The van der Waals surface area contributed by atoms with Gasteiger partial charge in [-0.2, -0.15) is 0 Å². The molecular formula is C30H46O4. The van der Waals surface area contributed by atoms with Gasteiger partial charge in [0, 0.05) is 18.8 Å². The molecule has 10 atom stereocenters. The van der Waals surface area contributed by atoms with E-state index in [1.54, 1.807) is 0 Å². The number of carbonyl (C=O) groups is 1. The minimum absolute atomic E-state index is 0.190.